The standard InChI is InChI=1S/C23H22Cl2N6O4S3/c1-10-18(26)29-23(30-19(10)27)36-6-2-3-11-8-38-21-16(20(33)31(21)17(11)22(34)35)28-15(32)9-37-14-7-12(24)4-5-13(14)25/h2-5,7,16,21H,6,8-9H2,1H3,(H,28,32)(H,34,35)(H4,26,27,29,30)/t16-,21-/m1/s1. The molecule has 200 valence electrons. The van der Waals surface area contributed by atoms with Crippen LogP contribution in [-0.4, -0.2) is 66.4 Å². The van der Waals surface area contributed by atoms with E-state index in [-0.39, 0.29) is 17.4 Å². The number of nitrogens with two attached hydrogens (primary N) is 2. The van der Waals surface area contributed by atoms with E-state index in [0.29, 0.717) is 54.4 Å². The molecule has 3 heterocycles. The Labute approximate surface area is 241 Å². The van der Waals surface area contributed by atoms with Gasteiger partial charge in [0.2, 0.25) is 5.91 Å². The first kappa shape index (κ1) is 28.4. The molecule has 0 saturated carbocycles. The summed E-state index contributed by atoms with van der Waals surface area (Å²) in [5.41, 5.74) is 12.7. The Morgan fingerprint density at radius 1 is 1.26 bits per heavy atom. The van der Waals surface area contributed by atoms with E-state index in [2.05, 4.69) is 15.3 Å². The van der Waals surface area contributed by atoms with E-state index >= 15 is 0 Å². The summed E-state index contributed by atoms with van der Waals surface area (Å²) in [4.78, 5) is 47.6. The van der Waals surface area contributed by atoms with E-state index in [0.717, 1.165) is 0 Å². The van der Waals surface area contributed by atoms with Gasteiger partial charge in [0.15, 0.2) is 5.16 Å². The van der Waals surface area contributed by atoms with Crippen molar-refractivity contribution in [3.63, 3.8) is 0 Å². The molecule has 4 rings (SSSR count). The Bertz CT molecular complexity index is 1350. The number of halogens is 2. The van der Waals surface area contributed by atoms with Crippen molar-refractivity contribution < 1.29 is 19.5 Å². The van der Waals surface area contributed by atoms with Gasteiger partial charge in [-0.05, 0) is 30.7 Å². The number of β-lactam (4-membered cyclic amide) rings is 1. The summed E-state index contributed by atoms with van der Waals surface area (Å²) in [7, 11) is 0. The van der Waals surface area contributed by atoms with Crippen LogP contribution in [0.1, 0.15) is 5.56 Å². The molecule has 2 amide bonds. The summed E-state index contributed by atoms with van der Waals surface area (Å²) in [5, 5.41) is 13.4. The molecule has 2 atom stereocenters. The quantitative estimate of drug-likeness (QED) is 0.186. The molecule has 2 aliphatic heterocycles. The Morgan fingerprint density at radius 3 is 2.66 bits per heavy atom. The van der Waals surface area contributed by atoms with Gasteiger partial charge >= 0.3 is 5.97 Å². The zero-order valence-electron chi connectivity index (χ0n) is 19.8. The van der Waals surface area contributed by atoms with Gasteiger partial charge in [-0.2, -0.15) is 0 Å². The monoisotopic (exact) mass is 612 g/mol. The molecule has 0 unspecified atom stereocenters. The van der Waals surface area contributed by atoms with Gasteiger partial charge in [-0.25, -0.2) is 14.8 Å². The molecule has 0 radical (unpaired) electrons. The van der Waals surface area contributed by atoms with Gasteiger partial charge in [-0.15, -0.1) is 23.5 Å². The summed E-state index contributed by atoms with van der Waals surface area (Å²) in [6, 6.07) is 4.14. The SMILES string of the molecule is Cc1c(N)nc(SCC=CC2=C(C(=O)O)N3C(=O)[C@@H](NC(=O)CSc4cc(Cl)ccc4Cl)[C@H]3SC2)nc1N. The topological polar surface area (TPSA) is 165 Å². The minimum absolute atomic E-state index is 0.0243. The highest BCUT2D eigenvalue weighted by molar-refractivity contribution is 8.00. The number of carboxylic acids is 1. The Kier molecular flexibility index (Phi) is 9.04. The molecule has 38 heavy (non-hydrogen) atoms. The average molecular weight is 614 g/mol. The summed E-state index contributed by atoms with van der Waals surface area (Å²) in [6.45, 7) is 1.73. The minimum Gasteiger partial charge on any atom is -0.477 e. The third-order valence-corrected chi connectivity index (χ3v) is 9.43. The number of anilines is 2. The van der Waals surface area contributed by atoms with Crippen LogP contribution in [-0.2, 0) is 14.4 Å². The van der Waals surface area contributed by atoms with E-state index in [1.165, 1.54) is 40.2 Å². The second-order valence-electron chi connectivity index (χ2n) is 8.11. The normalized spacial score (nSPS) is 18.9. The second-order valence-corrected chi connectivity index (χ2v) is 12.1. The molecule has 1 fully saturated rings. The molecule has 15 heteroatoms. The van der Waals surface area contributed by atoms with Crippen molar-refractivity contribution in [2.45, 2.75) is 28.4 Å². The molecular weight excluding hydrogens is 591 g/mol. The summed E-state index contributed by atoms with van der Waals surface area (Å²) < 4.78 is 0. The van der Waals surface area contributed by atoms with Gasteiger partial charge in [0.25, 0.3) is 5.91 Å². The average Bonchev–Trinajstić information content (AvgIpc) is 2.88. The number of nitrogens with one attached hydrogen (secondary N) is 1. The molecule has 1 saturated heterocycles. The van der Waals surface area contributed by atoms with Crippen LogP contribution in [0.15, 0.2) is 51.7 Å². The highest BCUT2D eigenvalue weighted by Crippen LogP contribution is 2.41. The number of amides is 2. The summed E-state index contributed by atoms with van der Waals surface area (Å²) in [5.74, 6) is -0.625. The van der Waals surface area contributed by atoms with Crippen molar-refractivity contribution in [2.75, 3.05) is 28.7 Å². The van der Waals surface area contributed by atoms with Gasteiger partial charge in [0, 0.05) is 27.0 Å². The van der Waals surface area contributed by atoms with Crippen LogP contribution in [0.25, 0.3) is 0 Å². The van der Waals surface area contributed by atoms with Gasteiger partial charge in [-0.3, -0.25) is 14.5 Å². The van der Waals surface area contributed by atoms with Crippen LogP contribution in [0.4, 0.5) is 11.6 Å². The number of nitrogens with zero attached hydrogens (tertiary/aromatic N) is 3. The molecule has 1 aromatic carbocycles. The first-order chi connectivity index (χ1) is 18.1. The number of carbonyl (C=O) groups excluding carboxylic acids is 2. The van der Waals surface area contributed by atoms with Crippen molar-refractivity contribution in [1.82, 2.24) is 20.2 Å². The smallest absolute Gasteiger partial charge is 0.352 e. The third kappa shape index (κ3) is 6.18. The lowest BCUT2D eigenvalue weighted by Crippen LogP contribution is -2.70. The maximum Gasteiger partial charge on any atom is 0.352 e. The van der Waals surface area contributed by atoms with E-state index in [1.807, 2.05) is 0 Å². The molecule has 2 aliphatic rings. The number of aliphatic carboxylic acids is 1. The lowest BCUT2D eigenvalue weighted by atomic mass is 10.0. The lowest BCUT2D eigenvalue weighted by molar-refractivity contribution is -0.150. The van der Waals surface area contributed by atoms with Gasteiger partial charge in [-0.1, -0.05) is 47.1 Å². The summed E-state index contributed by atoms with van der Waals surface area (Å²) >= 11 is 16.0. The van der Waals surface area contributed by atoms with Crippen LogP contribution < -0.4 is 16.8 Å². The third-order valence-electron chi connectivity index (χ3n) is 5.60. The number of carboxylic acid groups (broad SMARTS) is 1. The first-order valence-corrected chi connectivity index (χ1v) is 14.8. The fraction of sp³-hybridized carbons (Fsp3) is 0.261. The largest absolute Gasteiger partial charge is 0.477 e. The van der Waals surface area contributed by atoms with E-state index < -0.39 is 23.3 Å². The van der Waals surface area contributed by atoms with E-state index in [4.69, 9.17) is 34.7 Å². The van der Waals surface area contributed by atoms with Gasteiger partial charge in [0.1, 0.15) is 28.7 Å². The van der Waals surface area contributed by atoms with Crippen LogP contribution in [0.2, 0.25) is 10.0 Å². The van der Waals surface area contributed by atoms with Gasteiger partial charge < -0.3 is 21.9 Å². The van der Waals surface area contributed by atoms with Crippen molar-refractivity contribution in [3.05, 3.63) is 57.2 Å². The molecule has 0 bridgehead atoms. The first-order valence-electron chi connectivity index (χ1n) is 11.0. The second kappa shape index (κ2) is 12.1. The number of allylic oxidation sites excluding steroid dienone is 1. The zero-order valence-corrected chi connectivity index (χ0v) is 23.8. The summed E-state index contributed by atoms with van der Waals surface area (Å²) in [6.07, 6.45) is 3.44. The van der Waals surface area contributed by atoms with Crippen molar-refractivity contribution in [3.8, 4) is 0 Å². The highest BCUT2D eigenvalue weighted by atomic mass is 35.5. The van der Waals surface area contributed by atoms with Gasteiger partial charge in [0.05, 0.1) is 10.8 Å². The van der Waals surface area contributed by atoms with Crippen LogP contribution in [0.3, 0.4) is 0 Å². The predicted octanol–water partition coefficient (Wildman–Crippen LogP) is 3.44. The van der Waals surface area contributed by atoms with Crippen molar-refractivity contribution in [1.29, 1.82) is 0 Å². The fourth-order valence-corrected chi connectivity index (χ4v) is 6.91. The van der Waals surface area contributed by atoms with Crippen LogP contribution in [0, 0.1) is 6.92 Å². The number of benzene rings is 1. The molecular formula is C23H22Cl2N6O4S3. The molecule has 1 aromatic heterocycles. The number of fused-ring (bicyclic) bond motifs is 1. The Balaban J connectivity index is 1.37. The fourth-order valence-electron chi connectivity index (χ4n) is 3.62. The number of carbonyl (C=O) groups is 3. The maximum absolute atomic E-state index is 12.9. The number of aromatic nitrogens is 2. The molecule has 0 aliphatic carbocycles. The maximum atomic E-state index is 12.9. The highest BCUT2D eigenvalue weighted by Gasteiger charge is 2.53. The lowest BCUT2D eigenvalue weighted by Gasteiger charge is -2.49. The molecule has 10 nitrogen and oxygen atoms in total. The molecule has 2 aromatic rings. The molecule has 6 N–H and O–H groups in total. The number of rotatable bonds is 9. The minimum atomic E-state index is -1.21. The number of thioether (sulfide) groups is 3. The zero-order chi connectivity index (χ0) is 27.6. The number of nitrogen functional groups attached to an aromatic ring is 2. The van der Waals surface area contributed by atoms with E-state index in [9.17, 15) is 19.5 Å². The predicted molar refractivity (Wildman–Crippen MR) is 152 cm³/mol. The Morgan fingerprint density at radius 2 is 1.97 bits per heavy atom. The van der Waals surface area contributed by atoms with Crippen molar-refractivity contribution in [2.24, 2.45) is 0 Å². The van der Waals surface area contributed by atoms with E-state index in [1.54, 1.807) is 37.3 Å². The van der Waals surface area contributed by atoms with Crippen molar-refractivity contribution >= 4 is 87.9 Å². The van der Waals surface area contributed by atoms with Crippen LogP contribution in [0.5, 0.6) is 0 Å². The number of hydrogen-bond acceptors (Lipinski definition) is 10. The Hall–Kier alpha value is -2.58. The van der Waals surface area contributed by atoms with Crippen LogP contribution >= 0.6 is 58.5 Å². The molecule has 0 spiro atoms. The number of hydrogen-bond donors (Lipinski definition) is 4.